The van der Waals surface area contributed by atoms with Crippen molar-refractivity contribution in [1.29, 1.82) is 0 Å². The standard InChI is InChI=1S/C15H25N3O3/c1-10(2)15-16-13(21-17-15)9-18-6-4-5-12(8-18)11(3)7-14(19)20/h10-12H,4-9H2,1-3H3,(H,19,20). The monoisotopic (exact) mass is 295 g/mol. The lowest BCUT2D eigenvalue weighted by Gasteiger charge is -2.34. The van der Waals surface area contributed by atoms with Crippen LogP contribution in [-0.2, 0) is 11.3 Å². The maximum Gasteiger partial charge on any atom is 0.303 e. The molecule has 0 bridgehead atoms. The summed E-state index contributed by atoms with van der Waals surface area (Å²) in [6.45, 7) is 8.70. The van der Waals surface area contributed by atoms with Crippen molar-refractivity contribution in [3.05, 3.63) is 11.7 Å². The molecule has 2 rings (SSSR count). The predicted octanol–water partition coefficient (Wildman–Crippen LogP) is 2.52. The number of carboxylic acids is 1. The van der Waals surface area contributed by atoms with Crippen molar-refractivity contribution < 1.29 is 14.4 Å². The summed E-state index contributed by atoms with van der Waals surface area (Å²) in [7, 11) is 0. The highest BCUT2D eigenvalue weighted by molar-refractivity contribution is 5.67. The first-order valence-corrected chi connectivity index (χ1v) is 7.72. The molecular formula is C15H25N3O3. The van der Waals surface area contributed by atoms with E-state index in [4.69, 9.17) is 9.63 Å². The van der Waals surface area contributed by atoms with Crippen molar-refractivity contribution in [1.82, 2.24) is 15.0 Å². The summed E-state index contributed by atoms with van der Waals surface area (Å²) >= 11 is 0. The summed E-state index contributed by atoms with van der Waals surface area (Å²) in [5.41, 5.74) is 0. The van der Waals surface area contributed by atoms with E-state index in [1.165, 1.54) is 0 Å². The van der Waals surface area contributed by atoms with Gasteiger partial charge in [-0.1, -0.05) is 25.9 Å². The van der Waals surface area contributed by atoms with Gasteiger partial charge in [-0.05, 0) is 31.2 Å². The maximum atomic E-state index is 10.8. The second-order valence-corrected chi connectivity index (χ2v) is 6.41. The molecule has 0 aliphatic carbocycles. The first-order valence-electron chi connectivity index (χ1n) is 7.72. The molecule has 118 valence electrons. The number of aromatic nitrogens is 2. The number of carboxylic acid groups (broad SMARTS) is 1. The highest BCUT2D eigenvalue weighted by Crippen LogP contribution is 2.27. The van der Waals surface area contributed by atoms with Gasteiger partial charge in [0.05, 0.1) is 6.54 Å². The van der Waals surface area contributed by atoms with Gasteiger partial charge in [-0.3, -0.25) is 9.69 Å². The average Bonchev–Trinajstić information content (AvgIpc) is 2.87. The van der Waals surface area contributed by atoms with Gasteiger partial charge in [0.15, 0.2) is 5.82 Å². The second-order valence-electron chi connectivity index (χ2n) is 6.41. The van der Waals surface area contributed by atoms with E-state index in [1.807, 2.05) is 20.8 Å². The molecule has 6 nitrogen and oxygen atoms in total. The second kappa shape index (κ2) is 7.02. The summed E-state index contributed by atoms with van der Waals surface area (Å²) in [5.74, 6) is 1.61. The zero-order chi connectivity index (χ0) is 15.4. The first-order chi connectivity index (χ1) is 9.95. The zero-order valence-electron chi connectivity index (χ0n) is 13.1. The molecule has 0 amide bonds. The normalized spacial score (nSPS) is 21.6. The lowest BCUT2D eigenvalue weighted by Crippen LogP contribution is -2.38. The maximum absolute atomic E-state index is 10.8. The van der Waals surface area contributed by atoms with E-state index in [9.17, 15) is 4.79 Å². The Labute approximate surface area is 125 Å². The smallest absolute Gasteiger partial charge is 0.303 e. The fraction of sp³-hybridized carbons (Fsp3) is 0.800. The third-order valence-electron chi connectivity index (χ3n) is 4.20. The third-order valence-corrected chi connectivity index (χ3v) is 4.20. The van der Waals surface area contributed by atoms with Gasteiger partial charge in [-0.2, -0.15) is 4.98 Å². The van der Waals surface area contributed by atoms with Crippen molar-refractivity contribution in [3.63, 3.8) is 0 Å². The Hall–Kier alpha value is -1.43. The minimum absolute atomic E-state index is 0.208. The Morgan fingerprint density at radius 3 is 2.86 bits per heavy atom. The fourth-order valence-electron chi connectivity index (χ4n) is 2.90. The molecular weight excluding hydrogens is 270 g/mol. The summed E-state index contributed by atoms with van der Waals surface area (Å²) in [6, 6.07) is 0. The van der Waals surface area contributed by atoms with E-state index in [2.05, 4.69) is 15.0 Å². The predicted molar refractivity (Wildman–Crippen MR) is 77.8 cm³/mol. The van der Waals surface area contributed by atoms with E-state index in [0.29, 0.717) is 18.4 Å². The van der Waals surface area contributed by atoms with Gasteiger partial charge in [0.1, 0.15) is 0 Å². The Balaban J connectivity index is 1.89. The largest absolute Gasteiger partial charge is 0.481 e. The van der Waals surface area contributed by atoms with E-state index in [1.54, 1.807) is 0 Å². The number of piperidine rings is 1. The molecule has 1 aliphatic heterocycles. The quantitative estimate of drug-likeness (QED) is 0.868. The molecule has 2 atom stereocenters. The number of hydrogen-bond donors (Lipinski definition) is 1. The van der Waals surface area contributed by atoms with Crippen molar-refractivity contribution in [2.75, 3.05) is 13.1 Å². The van der Waals surface area contributed by atoms with Crippen LogP contribution in [-0.4, -0.2) is 39.2 Å². The summed E-state index contributed by atoms with van der Waals surface area (Å²) in [5, 5.41) is 12.9. The Morgan fingerprint density at radius 2 is 2.24 bits per heavy atom. The SMILES string of the molecule is CC(C)c1noc(CN2CCCC(C(C)CC(=O)O)C2)n1. The highest BCUT2D eigenvalue weighted by atomic mass is 16.5. The van der Waals surface area contributed by atoms with Gasteiger partial charge >= 0.3 is 5.97 Å². The van der Waals surface area contributed by atoms with E-state index >= 15 is 0 Å². The molecule has 1 aliphatic rings. The lowest BCUT2D eigenvalue weighted by molar-refractivity contribution is -0.138. The summed E-state index contributed by atoms with van der Waals surface area (Å²) < 4.78 is 5.29. The molecule has 6 heteroatoms. The van der Waals surface area contributed by atoms with E-state index < -0.39 is 5.97 Å². The van der Waals surface area contributed by atoms with E-state index in [-0.39, 0.29) is 18.3 Å². The zero-order valence-corrected chi connectivity index (χ0v) is 13.1. The van der Waals surface area contributed by atoms with Gasteiger partial charge in [0, 0.05) is 18.9 Å². The highest BCUT2D eigenvalue weighted by Gasteiger charge is 2.27. The van der Waals surface area contributed by atoms with Crippen LogP contribution in [0.1, 0.15) is 57.7 Å². The lowest BCUT2D eigenvalue weighted by atomic mass is 9.85. The van der Waals surface area contributed by atoms with Crippen LogP contribution in [0, 0.1) is 11.8 Å². The molecule has 0 radical (unpaired) electrons. The van der Waals surface area contributed by atoms with E-state index in [0.717, 1.165) is 31.8 Å². The van der Waals surface area contributed by atoms with Crippen LogP contribution < -0.4 is 0 Å². The third kappa shape index (κ3) is 4.52. The molecule has 2 unspecified atom stereocenters. The molecule has 1 aromatic rings. The van der Waals surface area contributed by atoms with Crippen LogP contribution >= 0.6 is 0 Å². The minimum atomic E-state index is -0.710. The number of hydrogen-bond acceptors (Lipinski definition) is 5. The van der Waals surface area contributed by atoms with Crippen LogP contribution in [0.25, 0.3) is 0 Å². The number of nitrogens with zero attached hydrogens (tertiary/aromatic N) is 3. The Bertz CT molecular complexity index is 472. The van der Waals surface area contributed by atoms with Crippen LogP contribution in [0.4, 0.5) is 0 Å². The molecule has 2 heterocycles. The molecule has 1 N–H and O–H groups in total. The molecule has 1 saturated heterocycles. The first kappa shape index (κ1) is 15.9. The van der Waals surface area contributed by atoms with Crippen LogP contribution in [0.2, 0.25) is 0 Å². The number of carbonyl (C=O) groups is 1. The average molecular weight is 295 g/mol. The van der Waals surface area contributed by atoms with Gasteiger partial charge in [-0.15, -0.1) is 0 Å². The molecule has 1 fully saturated rings. The number of likely N-dealkylation sites (tertiary alicyclic amines) is 1. The van der Waals surface area contributed by atoms with Gasteiger partial charge in [0.25, 0.3) is 0 Å². The Kier molecular flexibility index (Phi) is 5.33. The van der Waals surface area contributed by atoms with Crippen molar-refractivity contribution in [3.8, 4) is 0 Å². The molecule has 0 saturated carbocycles. The molecule has 21 heavy (non-hydrogen) atoms. The van der Waals surface area contributed by atoms with Crippen LogP contribution in [0.5, 0.6) is 0 Å². The van der Waals surface area contributed by atoms with Gasteiger partial charge in [-0.25, -0.2) is 0 Å². The van der Waals surface area contributed by atoms with Crippen molar-refractivity contribution in [2.45, 2.75) is 52.5 Å². The summed E-state index contributed by atoms with van der Waals surface area (Å²) in [6.07, 6.45) is 2.45. The molecule has 0 aromatic carbocycles. The topological polar surface area (TPSA) is 79.5 Å². The summed E-state index contributed by atoms with van der Waals surface area (Å²) in [4.78, 5) is 17.5. The number of rotatable bonds is 6. The van der Waals surface area contributed by atoms with Crippen LogP contribution in [0.3, 0.4) is 0 Å². The molecule has 0 spiro atoms. The van der Waals surface area contributed by atoms with Gasteiger partial charge in [0.2, 0.25) is 5.89 Å². The minimum Gasteiger partial charge on any atom is -0.481 e. The number of aliphatic carboxylic acids is 1. The van der Waals surface area contributed by atoms with Crippen molar-refractivity contribution >= 4 is 5.97 Å². The Morgan fingerprint density at radius 1 is 1.48 bits per heavy atom. The molecule has 1 aromatic heterocycles. The van der Waals surface area contributed by atoms with Crippen molar-refractivity contribution in [2.24, 2.45) is 11.8 Å². The fourth-order valence-corrected chi connectivity index (χ4v) is 2.90. The van der Waals surface area contributed by atoms with Crippen LogP contribution in [0.15, 0.2) is 4.52 Å². The van der Waals surface area contributed by atoms with Gasteiger partial charge < -0.3 is 9.63 Å².